The fraction of sp³-hybridized carbons (Fsp3) is 0.588. The summed E-state index contributed by atoms with van der Waals surface area (Å²) in [5.74, 6) is 1.67. The Labute approximate surface area is 137 Å². The van der Waals surface area contributed by atoms with Gasteiger partial charge in [-0.3, -0.25) is 4.79 Å². The summed E-state index contributed by atoms with van der Waals surface area (Å²) in [7, 11) is 0. The molecular weight excluding hydrogens is 300 g/mol. The van der Waals surface area contributed by atoms with Gasteiger partial charge in [-0.05, 0) is 69.0 Å². The third-order valence-corrected chi connectivity index (χ3v) is 4.21. The van der Waals surface area contributed by atoms with Crippen LogP contribution in [0.5, 0.6) is 5.75 Å². The summed E-state index contributed by atoms with van der Waals surface area (Å²) in [6, 6.07) is 5.59. The number of hydrogen-bond donors (Lipinski definition) is 2. The highest BCUT2D eigenvalue weighted by atomic mass is 35.5. The molecule has 1 aromatic rings. The molecule has 1 atom stereocenters. The molecule has 1 heterocycles. The van der Waals surface area contributed by atoms with Crippen LogP contribution < -0.4 is 15.4 Å². The van der Waals surface area contributed by atoms with Crippen molar-refractivity contribution >= 4 is 17.5 Å². The Bertz CT molecular complexity index is 488. The quantitative estimate of drug-likeness (QED) is 0.723. The molecule has 1 fully saturated rings. The Kier molecular flexibility index (Phi) is 7.00. The van der Waals surface area contributed by atoms with Crippen molar-refractivity contribution in [2.24, 2.45) is 5.92 Å². The normalized spacial score (nSPS) is 17.5. The van der Waals surface area contributed by atoms with Crippen molar-refractivity contribution in [3.63, 3.8) is 0 Å². The second-order valence-corrected chi connectivity index (χ2v) is 6.30. The van der Waals surface area contributed by atoms with Crippen LogP contribution in [0.3, 0.4) is 0 Å². The first-order chi connectivity index (χ1) is 10.6. The number of benzene rings is 1. The van der Waals surface area contributed by atoms with E-state index >= 15 is 0 Å². The van der Waals surface area contributed by atoms with E-state index in [1.165, 1.54) is 6.42 Å². The molecule has 1 aliphatic rings. The summed E-state index contributed by atoms with van der Waals surface area (Å²) in [5, 5.41) is 7.00. The van der Waals surface area contributed by atoms with Gasteiger partial charge in [-0.15, -0.1) is 0 Å². The fourth-order valence-corrected chi connectivity index (χ4v) is 2.87. The molecule has 0 saturated carbocycles. The summed E-state index contributed by atoms with van der Waals surface area (Å²) in [5.41, 5.74) is 1.03. The first kappa shape index (κ1) is 17.1. The van der Waals surface area contributed by atoms with Gasteiger partial charge >= 0.3 is 0 Å². The predicted octanol–water partition coefficient (Wildman–Crippen LogP) is 2.92. The number of carbonyl (C=O) groups is 1. The number of rotatable bonds is 8. The number of hydrogen-bond acceptors (Lipinski definition) is 3. The minimum Gasteiger partial charge on any atom is -0.493 e. The summed E-state index contributed by atoms with van der Waals surface area (Å²) in [6.45, 7) is 5.37. The molecule has 0 radical (unpaired) electrons. The fourth-order valence-electron chi connectivity index (χ4n) is 2.64. The van der Waals surface area contributed by atoms with E-state index in [0.717, 1.165) is 42.3 Å². The predicted molar refractivity (Wildman–Crippen MR) is 89.5 cm³/mol. The number of halogens is 1. The van der Waals surface area contributed by atoms with E-state index in [9.17, 15) is 4.79 Å². The number of nitrogens with one attached hydrogen (secondary N) is 2. The molecule has 0 spiro atoms. The van der Waals surface area contributed by atoms with Crippen LogP contribution in [0.2, 0.25) is 5.02 Å². The Morgan fingerprint density at radius 1 is 1.50 bits per heavy atom. The van der Waals surface area contributed by atoms with Gasteiger partial charge in [0.05, 0.1) is 6.61 Å². The zero-order valence-electron chi connectivity index (χ0n) is 13.2. The Morgan fingerprint density at radius 2 is 2.36 bits per heavy atom. The van der Waals surface area contributed by atoms with Crippen LogP contribution in [-0.4, -0.2) is 32.1 Å². The van der Waals surface area contributed by atoms with E-state index < -0.39 is 0 Å². The van der Waals surface area contributed by atoms with Gasteiger partial charge < -0.3 is 15.4 Å². The lowest BCUT2D eigenvalue weighted by atomic mass is 10.0. The lowest BCUT2D eigenvalue weighted by Gasteiger charge is -2.10. The molecule has 2 N–H and O–H groups in total. The number of carbonyl (C=O) groups excluding carboxylic acids is 1. The van der Waals surface area contributed by atoms with Crippen LogP contribution in [-0.2, 0) is 4.79 Å². The smallest absolute Gasteiger partial charge is 0.220 e. The summed E-state index contributed by atoms with van der Waals surface area (Å²) >= 11 is 5.91. The molecule has 0 aromatic heterocycles. The molecule has 0 aliphatic carbocycles. The van der Waals surface area contributed by atoms with Gasteiger partial charge in [0.2, 0.25) is 5.91 Å². The van der Waals surface area contributed by atoms with Gasteiger partial charge in [0.1, 0.15) is 5.75 Å². The van der Waals surface area contributed by atoms with Crippen LogP contribution in [0, 0.1) is 12.8 Å². The van der Waals surface area contributed by atoms with Gasteiger partial charge in [-0.2, -0.15) is 0 Å². The standard InChI is InChI=1S/C17H25ClN2O2/c1-13-11-15(18)4-5-16(13)22-10-2-8-20-17(21)6-3-14-7-9-19-12-14/h4-5,11,14,19H,2-3,6-10,12H2,1H3,(H,20,21). The second kappa shape index (κ2) is 9.01. The van der Waals surface area contributed by atoms with Crippen molar-refractivity contribution in [3.05, 3.63) is 28.8 Å². The molecule has 1 amide bonds. The lowest BCUT2D eigenvalue weighted by molar-refractivity contribution is -0.121. The van der Waals surface area contributed by atoms with Crippen LogP contribution in [0.25, 0.3) is 0 Å². The maximum atomic E-state index is 11.7. The molecule has 122 valence electrons. The molecule has 0 bridgehead atoms. The van der Waals surface area contributed by atoms with Crippen molar-refractivity contribution in [1.29, 1.82) is 0 Å². The third kappa shape index (κ3) is 5.85. The summed E-state index contributed by atoms with van der Waals surface area (Å²) in [6.07, 6.45) is 3.61. The molecule has 22 heavy (non-hydrogen) atoms. The van der Waals surface area contributed by atoms with Gasteiger partial charge in [0.25, 0.3) is 0 Å². The minimum atomic E-state index is 0.148. The molecule has 1 saturated heterocycles. The van der Waals surface area contributed by atoms with Gasteiger partial charge in [0.15, 0.2) is 0 Å². The Morgan fingerprint density at radius 3 is 3.09 bits per heavy atom. The maximum Gasteiger partial charge on any atom is 0.220 e. The van der Waals surface area contributed by atoms with Gasteiger partial charge in [0, 0.05) is 18.0 Å². The van der Waals surface area contributed by atoms with E-state index in [-0.39, 0.29) is 5.91 Å². The third-order valence-electron chi connectivity index (χ3n) is 3.98. The number of amides is 1. The van der Waals surface area contributed by atoms with Crippen LogP contribution in [0.1, 0.15) is 31.2 Å². The van der Waals surface area contributed by atoms with Crippen LogP contribution >= 0.6 is 11.6 Å². The molecule has 2 rings (SSSR count). The number of aryl methyl sites for hydroxylation is 1. The van der Waals surface area contributed by atoms with E-state index in [1.807, 2.05) is 25.1 Å². The van der Waals surface area contributed by atoms with Crippen molar-refractivity contribution in [3.8, 4) is 5.75 Å². The molecule has 4 nitrogen and oxygen atoms in total. The first-order valence-electron chi connectivity index (χ1n) is 8.01. The zero-order chi connectivity index (χ0) is 15.8. The van der Waals surface area contributed by atoms with Crippen molar-refractivity contribution < 1.29 is 9.53 Å². The molecule has 1 aliphatic heterocycles. The second-order valence-electron chi connectivity index (χ2n) is 5.86. The highest BCUT2D eigenvalue weighted by Gasteiger charge is 2.15. The van der Waals surface area contributed by atoms with Gasteiger partial charge in [-0.1, -0.05) is 11.6 Å². The average Bonchev–Trinajstić information content (AvgIpc) is 3.00. The monoisotopic (exact) mass is 324 g/mol. The highest BCUT2D eigenvalue weighted by Crippen LogP contribution is 2.21. The van der Waals surface area contributed by atoms with Crippen molar-refractivity contribution in [2.75, 3.05) is 26.2 Å². The van der Waals surface area contributed by atoms with Crippen molar-refractivity contribution in [1.82, 2.24) is 10.6 Å². The lowest BCUT2D eigenvalue weighted by Crippen LogP contribution is -2.26. The SMILES string of the molecule is Cc1cc(Cl)ccc1OCCCNC(=O)CCC1CCNC1. The topological polar surface area (TPSA) is 50.4 Å². The highest BCUT2D eigenvalue weighted by molar-refractivity contribution is 6.30. The molecular formula is C17H25ClN2O2. The van der Waals surface area contributed by atoms with E-state index in [0.29, 0.717) is 25.5 Å². The van der Waals surface area contributed by atoms with Crippen LogP contribution in [0.15, 0.2) is 18.2 Å². The molecule has 1 aromatic carbocycles. The zero-order valence-corrected chi connectivity index (χ0v) is 13.9. The minimum absolute atomic E-state index is 0.148. The summed E-state index contributed by atoms with van der Waals surface area (Å²) < 4.78 is 5.70. The van der Waals surface area contributed by atoms with E-state index in [2.05, 4.69) is 10.6 Å². The van der Waals surface area contributed by atoms with Crippen molar-refractivity contribution in [2.45, 2.75) is 32.6 Å². The number of ether oxygens (including phenoxy) is 1. The first-order valence-corrected chi connectivity index (χ1v) is 8.39. The van der Waals surface area contributed by atoms with E-state index in [4.69, 9.17) is 16.3 Å². The summed E-state index contributed by atoms with van der Waals surface area (Å²) in [4.78, 5) is 11.7. The van der Waals surface area contributed by atoms with Crippen LogP contribution in [0.4, 0.5) is 0 Å². The molecule has 1 unspecified atom stereocenters. The average molecular weight is 325 g/mol. The van der Waals surface area contributed by atoms with E-state index in [1.54, 1.807) is 0 Å². The van der Waals surface area contributed by atoms with Gasteiger partial charge in [-0.25, -0.2) is 0 Å². The maximum absolute atomic E-state index is 11.7. The Hall–Kier alpha value is -1.26. The Balaban J connectivity index is 1.53. The molecule has 5 heteroatoms. The largest absolute Gasteiger partial charge is 0.493 e.